The van der Waals surface area contributed by atoms with Crippen molar-refractivity contribution in [2.45, 2.75) is 31.7 Å². The summed E-state index contributed by atoms with van der Waals surface area (Å²) in [6, 6.07) is 9.46. The number of rotatable bonds is 4. The maximum absolute atomic E-state index is 12.7. The summed E-state index contributed by atoms with van der Waals surface area (Å²) in [5, 5.41) is 0. The maximum Gasteiger partial charge on any atom is 0.226 e. The van der Waals surface area contributed by atoms with E-state index in [0.29, 0.717) is 38.8 Å². The number of piperidine rings is 1. The largest absolute Gasteiger partial charge is 0.342 e. The lowest BCUT2D eigenvalue weighted by Crippen LogP contribution is -2.46. The highest BCUT2D eigenvalue weighted by Gasteiger charge is 2.36. The van der Waals surface area contributed by atoms with Gasteiger partial charge in [0, 0.05) is 32.1 Å². The minimum absolute atomic E-state index is 0.0160. The Hall–Kier alpha value is -1.89. The zero-order valence-electron chi connectivity index (χ0n) is 15.1. The second kappa shape index (κ2) is 7.78. The third kappa shape index (κ3) is 4.44. The van der Waals surface area contributed by atoms with Crippen LogP contribution in [0, 0.1) is 5.92 Å². The SMILES string of the molecule is CN(C(=O)C1CCN(C(=O)Cc2ccccc2)CC1)C1CCS(=O)(=O)C1. The summed E-state index contributed by atoms with van der Waals surface area (Å²) in [5.74, 6) is 0.231. The van der Waals surface area contributed by atoms with Gasteiger partial charge >= 0.3 is 0 Å². The number of hydrogen-bond acceptors (Lipinski definition) is 4. The predicted molar refractivity (Wildman–Crippen MR) is 99.3 cm³/mol. The van der Waals surface area contributed by atoms with Crippen LogP contribution in [0.15, 0.2) is 30.3 Å². The van der Waals surface area contributed by atoms with E-state index in [1.54, 1.807) is 11.9 Å². The third-order valence-electron chi connectivity index (χ3n) is 5.50. The quantitative estimate of drug-likeness (QED) is 0.787. The fraction of sp³-hybridized carbons (Fsp3) is 0.579. The monoisotopic (exact) mass is 378 g/mol. The van der Waals surface area contributed by atoms with Crippen molar-refractivity contribution < 1.29 is 18.0 Å². The van der Waals surface area contributed by atoms with Crippen LogP contribution in [-0.4, -0.2) is 67.7 Å². The molecular weight excluding hydrogens is 352 g/mol. The molecule has 2 aliphatic heterocycles. The Morgan fingerprint density at radius 2 is 1.77 bits per heavy atom. The van der Waals surface area contributed by atoms with Crippen molar-refractivity contribution in [3.63, 3.8) is 0 Å². The van der Waals surface area contributed by atoms with Gasteiger partial charge in [-0.05, 0) is 24.8 Å². The van der Waals surface area contributed by atoms with Crippen LogP contribution in [0.2, 0.25) is 0 Å². The molecule has 0 bridgehead atoms. The normalized spacial score (nSPS) is 23.0. The van der Waals surface area contributed by atoms with Crippen LogP contribution in [0.1, 0.15) is 24.8 Å². The molecule has 2 fully saturated rings. The maximum atomic E-state index is 12.7. The van der Waals surface area contributed by atoms with Gasteiger partial charge in [-0.15, -0.1) is 0 Å². The van der Waals surface area contributed by atoms with Gasteiger partial charge in [0.15, 0.2) is 9.84 Å². The number of likely N-dealkylation sites (tertiary alicyclic amines) is 1. The van der Waals surface area contributed by atoms with Gasteiger partial charge in [-0.2, -0.15) is 0 Å². The van der Waals surface area contributed by atoms with E-state index in [1.807, 2.05) is 35.2 Å². The summed E-state index contributed by atoms with van der Waals surface area (Å²) in [4.78, 5) is 28.6. The van der Waals surface area contributed by atoms with Crippen LogP contribution in [0.3, 0.4) is 0 Å². The molecule has 0 N–H and O–H groups in total. The van der Waals surface area contributed by atoms with Gasteiger partial charge in [0.25, 0.3) is 0 Å². The Kier molecular flexibility index (Phi) is 5.65. The van der Waals surface area contributed by atoms with E-state index in [-0.39, 0.29) is 35.3 Å². The summed E-state index contributed by atoms with van der Waals surface area (Å²) >= 11 is 0. The number of carbonyl (C=O) groups is 2. The summed E-state index contributed by atoms with van der Waals surface area (Å²) in [6.45, 7) is 1.16. The molecule has 1 unspecified atom stereocenters. The average Bonchev–Trinajstić information content (AvgIpc) is 3.01. The zero-order chi connectivity index (χ0) is 18.7. The number of benzene rings is 1. The standard InChI is InChI=1S/C19H26N2O4S/c1-20(17-9-12-26(24,25)14-17)19(23)16-7-10-21(11-8-16)18(22)13-15-5-3-2-4-6-15/h2-6,16-17H,7-14H2,1H3. The molecule has 7 heteroatoms. The summed E-state index contributed by atoms with van der Waals surface area (Å²) in [7, 11) is -1.29. The first-order chi connectivity index (χ1) is 12.4. The van der Waals surface area contributed by atoms with Crippen LogP contribution in [0.5, 0.6) is 0 Å². The Balaban J connectivity index is 1.50. The first-order valence-electron chi connectivity index (χ1n) is 9.14. The average molecular weight is 378 g/mol. The molecule has 26 heavy (non-hydrogen) atoms. The molecule has 3 rings (SSSR count). The molecule has 2 amide bonds. The minimum Gasteiger partial charge on any atom is -0.342 e. The molecule has 2 saturated heterocycles. The Labute approximate surface area is 155 Å². The van der Waals surface area contributed by atoms with Gasteiger partial charge in [0.05, 0.1) is 17.9 Å². The first kappa shape index (κ1) is 18.9. The van der Waals surface area contributed by atoms with Crippen LogP contribution in [-0.2, 0) is 25.8 Å². The second-order valence-electron chi connectivity index (χ2n) is 7.32. The van der Waals surface area contributed by atoms with Gasteiger partial charge in [0.2, 0.25) is 11.8 Å². The number of sulfone groups is 1. The molecule has 1 aromatic carbocycles. The highest BCUT2D eigenvalue weighted by molar-refractivity contribution is 7.91. The minimum atomic E-state index is -3.00. The molecule has 0 radical (unpaired) electrons. The van der Waals surface area contributed by atoms with Crippen LogP contribution < -0.4 is 0 Å². The van der Waals surface area contributed by atoms with E-state index in [0.717, 1.165) is 5.56 Å². The number of hydrogen-bond donors (Lipinski definition) is 0. The van der Waals surface area contributed by atoms with E-state index in [1.165, 1.54) is 0 Å². The zero-order valence-corrected chi connectivity index (χ0v) is 16.0. The Morgan fingerprint density at radius 3 is 2.35 bits per heavy atom. The Bertz CT molecular complexity index is 755. The molecule has 1 atom stereocenters. The molecule has 2 aliphatic rings. The van der Waals surface area contributed by atoms with Crippen LogP contribution >= 0.6 is 0 Å². The lowest BCUT2D eigenvalue weighted by atomic mass is 9.94. The van der Waals surface area contributed by atoms with E-state index in [9.17, 15) is 18.0 Å². The molecule has 1 aromatic rings. The third-order valence-corrected chi connectivity index (χ3v) is 7.25. The predicted octanol–water partition coefficient (Wildman–Crippen LogP) is 1.11. The molecule has 0 aliphatic carbocycles. The Morgan fingerprint density at radius 1 is 1.12 bits per heavy atom. The summed E-state index contributed by atoms with van der Waals surface area (Å²) in [6.07, 6.45) is 2.20. The van der Waals surface area contributed by atoms with Crippen molar-refractivity contribution >= 4 is 21.7 Å². The highest BCUT2D eigenvalue weighted by atomic mass is 32.2. The molecule has 0 saturated carbocycles. The van der Waals surface area contributed by atoms with Crippen molar-refractivity contribution in [2.24, 2.45) is 5.92 Å². The van der Waals surface area contributed by atoms with Crippen molar-refractivity contribution in [2.75, 3.05) is 31.6 Å². The van der Waals surface area contributed by atoms with Gasteiger partial charge in [0.1, 0.15) is 0 Å². The number of amides is 2. The van der Waals surface area contributed by atoms with E-state index < -0.39 is 9.84 Å². The lowest BCUT2D eigenvalue weighted by Gasteiger charge is -2.34. The van der Waals surface area contributed by atoms with E-state index in [2.05, 4.69) is 0 Å². The molecule has 0 aromatic heterocycles. The number of nitrogens with zero attached hydrogens (tertiary/aromatic N) is 2. The lowest BCUT2D eigenvalue weighted by molar-refractivity contribution is -0.140. The van der Waals surface area contributed by atoms with Crippen molar-refractivity contribution in [3.05, 3.63) is 35.9 Å². The molecule has 0 spiro atoms. The van der Waals surface area contributed by atoms with Gasteiger partial charge in [-0.3, -0.25) is 9.59 Å². The van der Waals surface area contributed by atoms with Crippen LogP contribution in [0.4, 0.5) is 0 Å². The van der Waals surface area contributed by atoms with Gasteiger partial charge in [-0.25, -0.2) is 8.42 Å². The summed E-state index contributed by atoms with van der Waals surface area (Å²) < 4.78 is 23.3. The second-order valence-corrected chi connectivity index (χ2v) is 9.55. The molecular formula is C19H26N2O4S. The highest BCUT2D eigenvalue weighted by Crippen LogP contribution is 2.24. The smallest absolute Gasteiger partial charge is 0.226 e. The van der Waals surface area contributed by atoms with Gasteiger partial charge in [-0.1, -0.05) is 30.3 Å². The van der Waals surface area contributed by atoms with Crippen molar-refractivity contribution in [1.82, 2.24) is 9.80 Å². The van der Waals surface area contributed by atoms with E-state index >= 15 is 0 Å². The first-order valence-corrected chi connectivity index (χ1v) is 11.0. The van der Waals surface area contributed by atoms with E-state index in [4.69, 9.17) is 0 Å². The molecule has 6 nitrogen and oxygen atoms in total. The molecule has 2 heterocycles. The topological polar surface area (TPSA) is 74.8 Å². The fourth-order valence-electron chi connectivity index (χ4n) is 3.81. The van der Waals surface area contributed by atoms with Gasteiger partial charge < -0.3 is 9.80 Å². The number of carbonyl (C=O) groups excluding carboxylic acids is 2. The molecule has 142 valence electrons. The fourth-order valence-corrected chi connectivity index (χ4v) is 5.58. The summed E-state index contributed by atoms with van der Waals surface area (Å²) in [5.41, 5.74) is 0.998. The van der Waals surface area contributed by atoms with Crippen molar-refractivity contribution in [3.8, 4) is 0 Å². The van der Waals surface area contributed by atoms with Crippen LogP contribution in [0.25, 0.3) is 0 Å². The van der Waals surface area contributed by atoms with Crippen molar-refractivity contribution in [1.29, 1.82) is 0 Å².